The minimum Gasteiger partial charge on any atom is -0.738 e. The van der Waals surface area contributed by atoms with Crippen molar-refractivity contribution in [3.05, 3.63) is 18.5 Å². The van der Waals surface area contributed by atoms with Crippen LogP contribution in [0.15, 0.2) is 18.5 Å². The zero-order valence-corrected chi connectivity index (χ0v) is 5.08. The van der Waals surface area contributed by atoms with E-state index in [4.69, 9.17) is 0 Å². The summed E-state index contributed by atoms with van der Waals surface area (Å²) in [6, 6.07) is 1.55. The Kier molecular flexibility index (Phi) is 1.81. The SMILES string of the molecule is O=S([O-])On1cccn1. The summed E-state index contributed by atoms with van der Waals surface area (Å²) in [6.45, 7) is 0. The fourth-order valence-corrected chi connectivity index (χ4v) is 0.574. The van der Waals surface area contributed by atoms with Crippen LogP contribution in [0.5, 0.6) is 0 Å². The maximum Gasteiger partial charge on any atom is 0.169 e. The largest absolute Gasteiger partial charge is 0.738 e. The summed E-state index contributed by atoms with van der Waals surface area (Å²) in [5, 5.41) is 3.46. The lowest BCUT2D eigenvalue weighted by molar-refractivity contribution is 0.230. The molecule has 50 valence electrons. The number of aromatic nitrogens is 2. The van der Waals surface area contributed by atoms with E-state index >= 15 is 0 Å². The highest BCUT2D eigenvalue weighted by atomic mass is 32.2. The van der Waals surface area contributed by atoms with E-state index in [-0.39, 0.29) is 0 Å². The van der Waals surface area contributed by atoms with Gasteiger partial charge in [0.05, 0.1) is 12.4 Å². The predicted octanol–water partition coefficient (Wildman–Crippen LogP) is -0.894. The molecule has 0 N–H and O–H groups in total. The number of hydrogen-bond donors (Lipinski definition) is 0. The van der Waals surface area contributed by atoms with Gasteiger partial charge in [-0.05, 0) is 6.07 Å². The summed E-state index contributed by atoms with van der Waals surface area (Å²) in [5.41, 5.74) is 0. The Labute approximate surface area is 53.7 Å². The second-order valence-electron chi connectivity index (χ2n) is 1.19. The fourth-order valence-electron chi connectivity index (χ4n) is 0.361. The third-order valence-electron chi connectivity index (χ3n) is 0.617. The normalized spacial score (nSPS) is 13.0. The summed E-state index contributed by atoms with van der Waals surface area (Å²) < 4.78 is 23.6. The van der Waals surface area contributed by atoms with Gasteiger partial charge in [-0.15, -0.1) is 5.10 Å². The van der Waals surface area contributed by atoms with E-state index in [0.29, 0.717) is 0 Å². The highest BCUT2D eigenvalue weighted by molar-refractivity contribution is 7.74. The number of hydrogen-bond acceptors (Lipinski definition) is 4. The van der Waals surface area contributed by atoms with E-state index in [0.717, 1.165) is 4.85 Å². The molecule has 0 aliphatic carbocycles. The highest BCUT2D eigenvalue weighted by Gasteiger charge is 1.85. The van der Waals surface area contributed by atoms with E-state index in [1.807, 2.05) is 0 Å². The molecule has 1 atom stereocenters. The zero-order chi connectivity index (χ0) is 6.69. The van der Waals surface area contributed by atoms with Crippen LogP contribution >= 0.6 is 0 Å². The molecular weight excluding hydrogens is 144 g/mol. The lowest BCUT2D eigenvalue weighted by Crippen LogP contribution is -2.13. The molecule has 0 saturated carbocycles. The molecule has 1 heterocycles. The summed E-state index contributed by atoms with van der Waals surface area (Å²) >= 11 is -2.54. The van der Waals surface area contributed by atoms with Gasteiger partial charge >= 0.3 is 0 Å². The van der Waals surface area contributed by atoms with Gasteiger partial charge in [-0.2, -0.15) is 0 Å². The molecule has 9 heavy (non-hydrogen) atoms. The standard InChI is InChI=1S/C3H4N2O3S/c6-9(7)8-5-3-1-2-4-5/h1-3H,(H,6,7)/p-1. The zero-order valence-electron chi connectivity index (χ0n) is 4.26. The van der Waals surface area contributed by atoms with Crippen molar-refractivity contribution in [1.29, 1.82) is 0 Å². The van der Waals surface area contributed by atoms with Crippen molar-refractivity contribution in [2.45, 2.75) is 0 Å². The van der Waals surface area contributed by atoms with Gasteiger partial charge in [-0.25, -0.2) is 4.21 Å². The van der Waals surface area contributed by atoms with E-state index in [2.05, 4.69) is 9.38 Å². The molecular formula is C3H3N2O3S-. The molecule has 0 bridgehead atoms. The minimum absolute atomic E-state index is 0.836. The van der Waals surface area contributed by atoms with Crippen LogP contribution in [0.3, 0.4) is 0 Å². The van der Waals surface area contributed by atoms with Crippen molar-refractivity contribution in [3.63, 3.8) is 0 Å². The molecule has 1 aromatic heterocycles. The van der Waals surface area contributed by atoms with Gasteiger partial charge in [0.1, 0.15) is 0 Å². The van der Waals surface area contributed by atoms with E-state index in [9.17, 15) is 8.76 Å². The first kappa shape index (κ1) is 6.24. The Morgan fingerprint density at radius 2 is 2.56 bits per heavy atom. The van der Waals surface area contributed by atoms with Crippen LogP contribution in [0, 0.1) is 0 Å². The summed E-state index contributed by atoms with van der Waals surface area (Å²) in [5.74, 6) is 0. The van der Waals surface area contributed by atoms with Crippen molar-refractivity contribution in [3.8, 4) is 0 Å². The van der Waals surface area contributed by atoms with Crippen LogP contribution in [0.25, 0.3) is 0 Å². The van der Waals surface area contributed by atoms with Gasteiger partial charge in [0.2, 0.25) is 0 Å². The van der Waals surface area contributed by atoms with E-state index < -0.39 is 11.4 Å². The Bertz CT molecular complexity index is 197. The Hall–Kier alpha value is -0.880. The first-order chi connectivity index (χ1) is 4.29. The Balaban J connectivity index is 2.58. The van der Waals surface area contributed by atoms with Gasteiger partial charge < -0.3 is 8.84 Å². The minimum atomic E-state index is -2.54. The van der Waals surface area contributed by atoms with Gasteiger partial charge in [-0.1, -0.05) is 4.85 Å². The third-order valence-corrected chi connectivity index (χ3v) is 0.892. The van der Waals surface area contributed by atoms with Crippen LogP contribution in [-0.4, -0.2) is 18.7 Å². The van der Waals surface area contributed by atoms with Gasteiger partial charge in [0, 0.05) is 0 Å². The Morgan fingerprint density at radius 3 is 3.00 bits per heavy atom. The van der Waals surface area contributed by atoms with Crippen LogP contribution in [0.4, 0.5) is 0 Å². The molecule has 0 spiro atoms. The molecule has 0 fully saturated rings. The number of nitrogens with zero attached hydrogens (tertiary/aromatic N) is 2. The molecule has 1 aromatic rings. The van der Waals surface area contributed by atoms with Crippen LogP contribution in [0.1, 0.15) is 0 Å². The first-order valence-corrected chi connectivity index (χ1v) is 3.07. The molecule has 1 rings (SSSR count). The molecule has 0 aromatic carbocycles. The quantitative estimate of drug-likeness (QED) is 0.509. The molecule has 0 aliphatic rings. The average Bonchev–Trinajstić information content (AvgIpc) is 2.15. The molecule has 5 nitrogen and oxygen atoms in total. The van der Waals surface area contributed by atoms with Crippen molar-refractivity contribution >= 4 is 11.4 Å². The first-order valence-electron chi connectivity index (χ1n) is 2.07. The molecule has 6 heteroatoms. The second-order valence-corrected chi connectivity index (χ2v) is 1.74. The van der Waals surface area contributed by atoms with Crippen molar-refractivity contribution < 1.29 is 13.0 Å². The van der Waals surface area contributed by atoms with Crippen LogP contribution in [-0.2, 0) is 11.4 Å². The van der Waals surface area contributed by atoms with E-state index in [1.54, 1.807) is 6.07 Å². The molecule has 0 amide bonds. The fraction of sp³-hybridized carbons (Fsp3) is 0. The lowest BCUT2D eigenvalue weighted by Gasteiger charge is -2.03. The van der Waals surface area contributed by atoms with Crippen molar-refractivity contribution in [2.75, 3.05) is 0 Å². The molecule has 1 unspecified atom stereocenters. The predicted molar refractivity (Wildman–Crippen MR) is 27.7 cm³/mol. The molecule has 0 radical (unpaired) electrons. The van der Waals surface area contributed by atoms with Crippen LogP contribution in [0.2, 0.25) is 0 Å². The van der Waals surface area contributed by atoms with Gasteiger partial charge in [0.15, 0.2) is 11.4 Å². The Morgan fingerprint density at radius 1 is 1.78 bits per heavy atom. The van der Waals surface area contributed by atoms with Crippen molar-refractivity contribution in [1.82, 2.24) is 9.94 Å². The highest BCUT2D eigenvalue weighted by Crippen LogP contribution is 1.79. The summed E-state index contributed by atoms with van der Waals surface area (Å²) in [7, 11) is 0. The smallest absolute Gasteiger partial charge is 0.169 e. The lowest BCUT2D eigenvalue weighted by atomic mass is 10.8. The average molecular weight is 147 g/mol. The summed E-state index contributed by atoms with van der Waals surface area (Å²) in [6.07, 6.45) is 2.78. The topological polar surface area (TPSA) is 67.2 Å². The number of rotatable bonds is 2. The maximum absolute atomic E-state index is 9.78. The third kappa shape index (κ3) is 1.82. The van der Waals surface area contributed by atoms with Gasteiger partial charge in [-0.3, -0.25) is 0 Å². The maximum atomic E-state index is 9.78. The van der Waals surface area contributed by atoms with Crippen molar-refractivity contribution in [2.24, 2.45) is 0 Å². The van der Waals surface area contributed by atoms with Crippen LogP contribution < -0.4 is 4.28 Å². The van der Waals surface area contributed by atoms with E-state index in [1.165, 1.54) is 12.4 Å². The monoisotopic (exact) mass is 147 g/mol. The van der Waals surface area contributed by atoms with Gasteiger partial charge in [0.25, 0.3) is 0 Å². The molecule has 0 aliphatic heterocycles. The summed E-state index contributed by atoms with van der Waals surface area (Å²) in [4.78, 5) is 0.836. The molecule has 0 saturated heterocycles. The second kappa shape index (κ2) is 2.60.